The number of benzene rings is 1. The van der Waals surface area contributed by atoms with Crippen molar-refractivity contribution >= 4 is 10.0 Å². The van der Waals surface area contributed by atoms with Crippen molar-refractivity contribution in [1.29, 1.82) is 0 Å². The van der Waals surface area contributed by atoms with Crippen LogP contribution in [-0.2, 0) is 10.0 Å². The van der Waals surface area contributed by atoms with E-state index in [9.17, 15) is 8.42 Å². The molecule has 0 atom stereocenters. The Morgan fingerprint density at radius 2 is 1.87 bits per heavy atom. The van der Waals surface area contributed by atoms with Crippen molar-refractivity contribution < 1.29 is 12.4 Å². The van der Waals surface area contributed by atoms with Gasteiger partial charge in [0.15, 0.2) is 0 Å². The zero-order valence-electron chi connectivity index (χ0n) is 8.21. The largest absolute Gasteiger partial charge is 0.335 e. The van der Waals surface area contributed by atoms with Crippen molar-refractivity contribution in [1.82, 2.24) is 4.98 Å². The van der Waals surface area contributed by atoms with E-state index in [4.69, 9.17) is 0 Å². The summed E-state index contributed by atoms with van der Waals surface area (Å²) in [6.07, 6.45) is 4.43. The molecule has 0 aliphatic rings. The second-order valence-corrected chi connectivity index (χ2v) is 5.10. The Morgan fingerprint density at radius 3 is 2.40 bits per heavy atom. The Morgan fingerprint density at radius 1 is 1.20 bits per heavy atom. The van der Waals surface area contributed by atoms with E-state index in [1.54, 1.807) is 30.5 Å². The summed E-state index contributed by atoms with van der Waals surface area (Å²) in [6, 6.07) is 6.76. The lowest BCUT2D eigenvalue weighted by atomic mass is 10.2. The summed E-state index contributed by atoms with van der Waals surface area (Å²) in [5.74, 6) is 0. The predicted octanol–water partition coefficient (Wildman–Crippen LogP) is 0.848. The number of aryl methyl sites for hydroxylation is 1. The quantitative estimate of drug-likeness (QED) is 0.767. The molecule has 0 unspecified atom stereocenters. The van der Waals surface area contributed by atoms with Crippen LogP contribution in [-0.4, -0.2) is 13.4 Å². The topological polar surface area (TPSA) is 53.8 Å². The third-order valence-corrected chi connectivity index (χ3v) is 3.77. The fourth-order valence-corrected chi connectivity index (χ4v) is 2.40. The molecule has 1 aromatic carbocycles. The number of aromatic nitrogens is 2. The van der Waals surface area contributed by atoms with E-state index in [1.807, 2.05) is 6.92 Å². The van der Waals surface area contributed by atoms with E-state index in [-0.39, 0.29) is 4.90 Å². The summed E-state index contributed by atoms with van der Waals surface area (Å²) in [7, 11) is -3.43. The zero-order valence-corrected chi connectivity index (χ0v) is 9.03. The van der Waals surface area contributed by atoms with Crippen molar-refractivity contribution in [3.8, 4) is 0 Å². The maximum Gasteiger partial charge on any atom is 0.335 e. The molecule has 0 fully saturated rings. The molecule has 0 bridgehead atoms. The molecule has 5 heteroatoms. The van der Waals surface area contributed by atoms with Crippen LogP contribution in [0.25, 0.3) is 0 Å². The number of hydrogen-bond acceptors (Lipinski definition) is 2. The van der Waals surface area contributed by atoms with Gasteiger partial charge < -0.3 is 0 Å². The van der Waals surface area contributed by atoms with E-state index in [1.165, 1.54) is 12.5 Å². The van der Waals surface area contributed by atoms with Gasteiger partial charge in [-0.1, -0.05) is 17.7 Å². The molecular weight excluding hydrogens is 212 g/mol. The number of aromatic amines is 1. The van der Waals surface area contributed by atoms with Crippen molar-refractivity contribution in [3.63, 3.8) is 0 Å². The minimum atomic E-state index is -3.43. The second-order valence-electron chi connectivity index (χ2n) is 3.26. The van der Waals surface area contributed by atoms with Gasteiger partial charge in [-0.3, -0.25) is 0 Å². The highest BCUT2D eigenvalue weighted by atomic mass is 32.2. The lowest BCUT2D eigenvalue weighted by Gasteiger charge is -1.99. The predicted molar refractivity (Wildman–Crippen MR) is 54.8 cm³/mol. The van der Waals surface area contributed by atoms with Gasteiger partial charge in [-0.15, -0.1) is 3.97 Å². The zero-order chi connectivity index (χ0) is 10.9. The van der Waals surface area contributed by atoms with Crippen molar-refractivity contribution in [2.75, 3.05) is 0 Å². The van der Waals surface area contributed by atoms with Gasteiger partial charge in [0.1, 0.15) is 17.3 Å². The highest BCUT2D eigenvalue weighted by Gasteiger charge is 2.20. The first-order chi connectivity index (χ1) is 7.10. The van der Waals surface area contributed by atoms with E-state index < -0.39 is 10.0 Å². The smallest absolute Gasteiger partial charge is 0.249 e. The monoisotopic (exact) mass is 223 g/mol. The third kappa shape index (κ3) is 1.78. The maximum atomic E-state index is 11.9. The lowest BCUT2D eigenvalue weighted by molar-refractivity contribution is -0.509. The summed E-state index contributed by atoms with van der Waals surface area (Å²) >= 11 is 0. The third-order valence-electron chi connectivity index (χ3n) is 2.12. The SMILES string of the molecule is Cc1ccc(S(=O)(=O)[n+]2cc[nH]c2)cc1. The Labute approximate surface area is 88.3 Å². The molecule has 15 heavy (non-hydrogen) atoms. The minimum absolute atomic E-state index is 0.290. The fourth-order valence-electron chi connectivity index (χ4n) is 1.26. The molecule has 0 aliphatic heterocycles. The van der Waals surface area contributed by atoms with Gasteiger partial charge in [-0.25, -0.2) is 4.98 Å². The Bertz CT molecular complexity index is 542. The first kappa shape index (κ1) is 9.92. The van der Waals surface area contributed by atoms with Crippen LogP contribution in [0, 0.1) is 6.92 Å². The Balaban J connectivity index is 2.52. The van der Waals surface area contributed by atoms with Gasteiger partial charge >= 0.3 is 10.0 Å². The lowest BCUT2D eigenvalue weighted by Crippen LogP contribution is -2.40. The molecule has 0 radical (unpaired) electrons. The van der Waals surface area contributed by atoms with Crippen LogP contribution < -0.4 is 3.97 Å². The van der Waals surface area contributed by atoms with Crippen molar-refractivity contribution in [2.24, 2.45) is 0 Å². The van der Waals surface area contributed by atoms with E-state index >= 15 is 0 Å². The Hall–Kier alpha value is -1.62. The summed E-state index contributed by atoms with van der Waals surface area (Å²) in [4.78, 5) is 2.99. The molecule has 1 aromatic heterocycles. The molecule has 78 valence electrons. The molecule has 0 spiro atoms. The van der Waals surface area contributed by atoms with Crippen LogP contribution in [0.2, 0.25) is 0 Å². The van der Waals surface area contributed by atoms with Gasteiger partial charge in [0.25, 0.3) is 6.33 Å². The molecule has 0 aliphatic carbocycles. The highest BCUT2D eigenvalue weighted by Crippen LogP contribution is 2.09. The van der Waals surface area contributed by atoms with Crippen LogP contribution in [0.15, 0.2) is 47.9 Å². The van der Waals surface area contributed by atoms with Gasteiger partial charge in [0.05, 0.1) is 0 Å². The molecule has 0 amide bonds. The first-order valence-corrected chi connectivity index (χ1v) is 5.91. The molecule has 2 rings (SSSR count). The van der Waals surface area contributed by atoms with Gasteiger partial charge in [-0.05, 0) is 19.1 Å². The molecule has 0 saturated heterocycles. The Kier molecular flexibility index (Phi) is 2.32. The molecular formula is C10H11N2O2S+. The van der Waals surface area contributed by atoms with E-state index in [0.717, 1.165) is 9.54 Å². The first-order valence-electron chi connectivity index (χ1n) is 4.47. The van der Waals surface area contributed by atoms with E-state index in [2.05, 4.69) is 4.98 Å². The summed E-state index contributed by atoms with van der Waals surface area (Å²) in [5.41, 5.74) is 1.04. The van der Waals surface area contributed by atoms with Gasteiger partial charge in [-0.2, -0.15) is 8.42 Å². The van der Waals surface area contributed by atoms with Crippen LogP contribution in [0.1, 0.15) is 5.56 Å². The number of nitrogens with zero attached hydrogens (tertiary/aromatic N) is 1. The highest BCUT2D eigenvalue weighted by molar-refractivity contribution is 7.85. The number of nitrogens with one attached hydrogen (secondary N) is 1. The number of hydrogen-bond donors (Lipinski definition) is 1. The van der Waals surface area contributed by atoms with Crippen LogP contribution in [0.5, 0.6) is 0 Å². The number of rotatable bonds is 2. The number of imidazole rings is 1. The van der Waals surface area contributed by atoms with Crippen molar-refractivity contribution in [2.45, 2.75) is 11.8 Å². The molecule has 1 N–H and O–H groups in total. The maximum absolute atomic E-state index is 11.9. The standard InChI is InChI=1S/C10H10N2O2S/c1-9-2-4-10(5-3-9)15(13,14)12-7-6-11-8-12/h2-8H,1H3/p+1. The number of H-pyrrole nitrogens is 1. The fraction of sp³-hybridized carbons (Fsp3) is 0.100. The summed E-state index contributed by atoms with van der Waals surface area (Å²) in [6.45, 7) is 1.92. The molecule has 4 nitrogen and oxygen atoms in total. The minimum Gasteiger partial charge on any atom is -0.249 e. The van der Waals surface area contributed by atoms with Crippen LogP contribution in [0.3, 0.4) is 0 Å². The average molecular weight is 223 g/mol. The second kappa shape index (κ2) is 3.51. The van der Waals surface area contributed by atoms with Gasteiger partial charge in [0.2, 0.25) is 0 Å². The van der Waals surface area contributed by atoms with Gasteiger partial charge in [0, 0.05) is 0 Å². The van der Waals surface area contributed by atoms with E-state index in [0.29, 0.717) is 0 Å². The van der Waals surface area contributed by atoms with Crippen LogP contribution in [0.4, 0.5) is 0 Å². The van der Waals surface area contributed by atoms with Crippen LogP contribution >= 0.6 is 0 Å². The van der Waals surface area contributed by atoms with Crippen molar-refractivity contribution in [3.05, 3.63) is 48.5 Å². The molecule has 0 saturated carbocycles. The average Bonchev–Trinajstić information content (AvgIpc) is 2.71. The molecule has 2 aromatic rings. The summed E-state index contributed by atoms with van der Waals surface area (Å²) in [5, 5.41) is 0. The summed E-state index contributed by atoms with van der Waals surface area (Å²) < 4.78 is 25.0. The molecule has 1 heterocycles. The normalized spacial score (nSPS) is 11.5.